The van der Waals surface area contributed by atoms with E-state index in [9.17, 15) is 21.6 Å². The van der Waals surface area contributed by atoms with E-state index in [1.807, 2.05) is 0 Å². The number of alkyl halides is 3. The van der Waals surface area contributed by atoms with Crippen LogP contribution >= 0.6 is 15.9 Å². The lowest BCUT2D eigenvalue weighted by atomic mass is 10.1. The Morgan fingerprint density at radius 1 is 1.32 bits per heavy atom. The number of rotatable bonds is 3. The van der Waals surface area contributed by atoms with Crippen LogP contribution < -0.4 is 0 Å². The van der Waals surface area contributed by atoms with E-state index in [0.717, 1.165) is 4.31 Å². The second-order valence-electron chi connectivity index (χ2n) is 4.33. The first-order chi connectivity index (χ1) is 8.40. The minimum Gasteiger partial charge on any atom is -0.189 e. The van der Waals surface area contributed by atoms with Gasteiger partial charge in [-0.3, -0.25) is 0 Å². The third-order valence-electron chi connectivity index (χ3n) is 2.33. The van der Waals surface area contributed by atoms with E-state index in [1.165, 1.54) is 14.1 Å². The van der Waals surface area contributed by atoms with Crippen LogP contribution in [0.4, 0.5) is 13.2 Å². The topological polar surface area (TPSA) is 55.2 Å². The van der Waals surface area contributed by atoms with Gasteiger partial charge in [-0.05, 0) is 21.8 Å². The maximum absolute atomic E-state index is 12.8. The predicted molar refractivity (Wildman–Crippen MR) is 67.0 cm³/mol. The molecule has 110 valence electrons. The van der Waals surface area contributed by atoms with Gasteiger partial charge in [0.15, 0.2) is 5.69 Å². The molecule has 0 bridgehead atoms. The Kier molecular flexibility index (Phi) is 4.38. The average molecular weight is 364 g/mol. The number of hydrogen-bond acceptors (Lipinski definition) is 3. The van der Waals surface area contributed by atoms with Gasteiger partial charge >= 0.3 is 16.4 Å². The van der Waals surface area contributed by atoms with Gasteiger partial charge < -0.3 is 0 Å². The first-order valence-corrected chi connectivity index (χ1v) is 7.38. The molecule has 0 saturated heterocycles. The SMILES string of the molecule is CC(C)c1c(Br)c(C(F)(F)F)nn1S(=O)(=O)N(C)C. The van der Waals surface area contributed by atoms with Crippen molar-refractivity contribution in [1.29, 1.82) is 0 Å². The largest absolute Gasteiger partial charge is 0.436 e. The van der Waals surface area contributed by atoms with Crippen LogP contribution in [0.15, 0.2) is 4.47 Å². The van der Waals surface area contributed by atoms with E-state index in [1.54, 1.807) is 13.8 Å². The van der Waals surface area contributed by atoms with Crippen molar-refractivity contribution < 1.29 is 21.6 Å². The van der Waals surface area contributed by atoms with E-state index in [4.69, 9.17) is 0 Å². The molecule has 0 atom stereocenters. The first kappa shape index (κ1) is 16.4. The first-order valence-electron chi connectivity index (χ1n) is 5.19. The van der Waals surface area contributed by atoms with Gasteiger partial charge in [-0.15, -0.1) is 4.09 Å². The van der Waals surface area contributed by atoms with Crippen LogP contribution in [0.2, 0.25) is 0 Å². The maximum Gasteiger partial charge on any atom is 0.436 e. The van der Waals surface area contributed by atoms with Crippen molar-refractivity contribution in [3.63, 3.8) is 0 Å². The molecule has 0 aliphatic carbocycles. The zero-order valence-electron chi connectivity index (χ0n) is 10.7. The molecule has 1 rings (SSSR count). The molecule has 0 saturated carbocycles. The standard InChI is InChI=1S/C9H13BrF3N3O2S/c1-5(2)7-6(10)8(9(11,12)13)14-16(7)19(17,18)15(3)4/h5H,1-4H3. The molecule has 0 amide bonds. The Bertz CT molecular complexity index is 578. The number of hydrogen-bond donors (Lipinski definition) is 0. The summed E-state index contributed by atoms with van der Waals surface area (Å²) in [4.78, 5) is 0. The zero-order valence-corrected chi connectivity index (χ0v) is 13.1. The highest BCUT2D eigenvalue weighted by atomic mass is 79.9. The van der Waals surface area contributed by atoms with Crippen molar-refractivity contribution >= 4 is 26.1 Å². The summed E-state index contributed by atoms with van der Waals surface area (Å²) in [6, 6.07) is 0. The number of nitrogens with zero attached hydrogens (tertiary/aromatic N) is 3. The van der Waals surface area contributed by atoms with Crippen molar-refractivity contribution in [1.82, 2.24) is 13.5 Å². The Labute approximate surface area is 117 Å². The fourth-order valence-electron chi connectivity index (χ4n) is 1.38. The molecule has 19 heavy (non-hydrogen) atoms. The lowest BCUT2D eigenvalue weighted by Gasteiger charge is -2.15. The molecule has 0 N–H and O–H groups in total. The third-order valence-corrected chi connectivity index (χ3v) is 4.75. The maximum atomic E-state index is 12.8. The number of halogens is 4. The van der Waals surface area contributed by atoms with Crippen molar-refractivity contribution in [3.05, 3.63) is 15.9 Å². The Hall–Kier alpha value is -0.610. The van der Waals surface area contributed by atoms with E-state index in [2.05, 4.69) is 21.0 Å². The lowest BCUT2D eigenvalue weighted by molar-refractivity contribution is -0.141. The normalized spacial score (nSPS) is 13.6. The van der Waals surface area contributed by atoms with Gasteiger partial charge in [-0.1, -0.05) is 13.8 Å². The summed E-state index contributed by atoms with van der Waals surface area (Å²) in [7, 11) is -1.66. The van der Waals surface area contributed by atoms with E-state index >= 15 is 0 Å². The van der Waals surface area contributed by atoms with Gasteiger partial charge in [0.05, 0.1) is 10.2 Å². The summed E-state index contributed by atoms with van der Waals surface area (Å²) in [6.45, 7) is 3.17. The van der Waals surface area contributed by atoms with E-state index in [0.29, 0.717) is 4.09 Å². The second kappa shape index (κ2) is 5.06. The molecule has 0 aliphatic rings. The average Bonchev–Trinajstić information content (AvgIpc) is 2.55. The summed E-state index contributed by atoms with van der Waals surface area (Å²) in [5.74, 6) is -0.451. The molecule has 0 spiro atoms. The predicted octanol–water partition coefficient (Wildman–Crippen LogP) is 2.44. The molecule has 0 fully saturated rings. The van der Waals surface area contributed by atoms with Crippen LogP contribution in [0.25, 0.3) is 0 Å². The molecule has 10 heteroatoms. The van der Waals surface area contributed by atoms with Crippen molar-refractivity contribution in [2.24, 2.45) is 0 Å². The molecule has 1 aromatic heterocycles. The summed E-state index contributed by atoms with van der Waals surface area (Å²) < 4.78 is 63.2. The Morgan fingerprint density at radius 2 is 1.79 bits per heavy atom. The van der Waals surface area contributed by atoms with Gasteiger partial charge in [0, 0.05) is 14.1 Å². The Balaban J connectivity index is 3.67. The highest BCUT2D eigenvalue weighted by Gasteiger charge is 2.41. The molecule has 0 unspecified atom stereocenters. The quantitative estimate of drug-likeness (QED) is 0.828. The smallest absolute Gasteiger partial charge is 0.189 e. The third kappa shape index (κ3) is 2.95. The molecule has 1 heterocycles. The molecule has 5 nitrogen and oxygen atoms in total. The number of aromatic nitrogens is 2. The van der Waals surface area contributed by atoms with Crippen LogP contribution in [0, 0.1) is 0 Å². The van der Waals surface area contributed by atoms with Gasteiger partial charge in [0.1, 0.15) is 0 Å². The van der Waals surface area contributed by atoms with Gasteiger partial charge in [0.2, 0.25) is 0 Å². The molecule has 1 aromatic rings. The monoisotopic (exact) mass is 363 g/mol. The molecular weight excluding hydrogens is 351 g/mol. The lowest BCUT2D eigenvalue weighted by Crippen LogP contribution is -2.31. The van der Waals surface area contributed by atoms with Crippen molar-refractivity contribution in [2.75, 3.05) is 14.1 Å². The summed E-state index contributed by atoms with van der Waals surface area (Å²) >= 11 is 2.79. The van der Waals surface area contributed by atoms with Gasteiger partial charge in [-0.25, -0.2) is 0 Å². The second-order valence-corrected chi connectivity index (χ2v) is 7.10. The summed E-state index contributed by atoms with van der Waals surface area (Å²) in [5, 5.41) is 3.21. The molecule has 0 radical (unpaired) electrons. The van der Waals surface area contributed by atoms with Crippen LogP contribution in [0.3, 0.4) is 0 Å². The van der Waals surface area contributed by atoms with Crippen molar-refractivity contribution in [3.8, 4) is 0 Å². The fourth-order valence-corrected chi connectivity index (χ4v) is 3.47. The zero-order chi connectivity index (χ0) is 15.2. The summed E-state index contributed by atoms with van der Waals surface area (Å²) in [6.07, 6.45) is -4.73. The minimum absolute atomic E-state index is 0.0407. The molecule has 0 aliphatic heterocycles. The fraction of sp³-hybridized carbons (Fsp3) is 0.667. The van der Waals surface area contributed by atoms with Crippen LogP contribution in [-0.4, -0.2) is 36.0 Å². The van der Waals surface area contributed by atoms with Crippen molar-refractivity contribution in [2.45, 2.75) is 25.9 Å². The highest BCUT2D eigenvalue weighted by Crippen LogP contribution is 2.38. The highest BCUT2D eigenvalue weighted by molar-refractivity contribution is 9.10. The Morgan fingerprint density at radius 3 is 2.11 bits per heavy atom. The molecule has 0 aromatic carbocycles. The van der Waals surface area contributed by atoms with E-state index in [-0.39, 0.29) is 10.2 Å². The molecular formula is C9H13BrF3N3O2S. The summed E-state index contributed by atoms with van der Waals surface area (Å²) in [5.41, 5.74) is -1.29. The van der Waals surface area contributed by atoms with Crippen LogP contribution in [-0.2, 0) is 16.4 Å². The van der Waals surface area contributed by atoms with E-state index < -0.39 is 28.0 Å². The van der Waals surface area contributed by atoms with Crippen LogP contribution in [0.1, 0.15) is 31.2 Å². The van der Waals surface area contributed by atoms with Gasteiger partial charge in [0.25, 0.3) is 0 Å². The minimum atomic E-state index is -4.73. The van der Waals surface area contributed by atoms with Gasteiger partial charge in [-0.2, -0.15) is 31.0 Å². The van der Waals surface area contributed by atoms with Crippen LogP contribution in [0.5, 0.6) is 0 Å².